The van der Waals surface area contributed by atoms with Crippen LogP contribution < -0.4 is 10.9 Å². The Balaban J connectivity index is 1.65. The van der Waals surface area contributed by atoms with Gasteiger partial charge >= 0.3 is 0 Å². The molecule has 170 valence electrons. The molecule has 0 spiro atoms. The fourth-order valence-electron chi connectivity index (χ4n) is 4.16. The van der Waals surface area contributed by atoms with Crippen LogP contribution in [0.5, 0.6) is 0 Å². The van der Waals surface area contributed by atoms with Crippen LogP contribution >= 0.6 is 23.2 Å². The number of aromatic nitrogens is 2. The number of nitrogens with one attached hydrogen (secondary N) is 1. The number of imide groups is 1. The third kappa shape index (κ3) is 4.30. The highest BCUT2D eigenvalue weighted by molar-refractivity contribution is 6.42. The average Bonchev–Trinajstić information content (AvgIpc) is 2.77. The third-order valence-electron chi connectivity index (χ3n) is 6.06. The van der Waals surface area contributed by atoms with Gasteiger partial charge in [0.25, 0.3) is 11.5 Å². The summed E-state index contributed by atoms with van der Waals surface area (Å²) in [6.07, 6.45) is 0.986. The second-order valence-corrected chi connectivity index (χ2v) is 9.17. The van der Waals surface area contributed by atoms with Crippen molar-refractivity contribution in [2.24, 2.45) is 0 Å². The maximum atomic E-state index is 13.4. The van der Waals surface area contributed by atoms with Crippen LogP contribution in [0.25, 0.3) is 10.9 Å². The number of rotatable bonds is 5. The highest BCUT2D eigenvalue weighted by Gasteiger charge is 2.42. The molecule has 9 heteroatoms. The zero-order chi connectivity index (χ0) is 23.9. The number of carbonyl (C=O) groups excluding carboxylic acids is 3. The van der Waals surface area contributed by atoms with E-state index in [1.807, 2.05) is 6.07 Å². The summed E-state index contributed by atoms with van der Waals surface area (Å²) in [5.41, 5.74) is 0.191. The Kier molecular flexibility index (Phi) is 6.12. The molecule has 4 rings (SSSR count). The highest BCUT2D eigenvalue weighted by Crippen LogP contribution is 2.27. The molecule has 7 nitrogen and oxygen atoms in total. The maximum Gasteiger partial charge on any atom is 0.262 e. The van der Waals surface area contributed by atoms with E-state index in [1.54, 1.807) is 44.2 Å². The molecular formula is C24H21Cl2N3O4. The van der Waals surface area contributed by atoms with Crippen molar-refractivity contribution < 1.29 is 14.4 Å². The number of carbonyl (C=O) groups is 3. The molecule has 0 unspecified atom stereocenters. The van der Waals surface area contributed by atoms with E-state index in [0.717, 1.165) is 5.56 Å². The molecule has 1 aromatic heterocycles. The van der Waals surface area contributed by atoms with Gasteiger partial charge < -0.3 is 0 Å². The van der Waals surface area contributed by atoms with E-state index in [2.05, 4.69) is 10.3 Å². The van der Waals surface area contributed by atoms with Gasteiger partial charge in [0.2, 0.25) is 5.91 Å². The molecule has 33 heavy (non-hydrogen) atoms. The van der Waals surface area contributed by atoms with Gasteiger partial charge in [0.1, 0.15) is 11.4 Å². The van der Waals surface area contributed by atoms with Crippen molar-refractivity contribution in [3.63, 3.8) is 0 Å². The summed E-state index contributed by atoms with van der Waals surface area (Å²) in [7, 11) is 0. The first-order valence-corrected chi connectivity index (χ1v) is 11.2. The number of piperidine rings is 1. The van der Waals surface area contributed by atoms with E-state index < -0.39 is 11.4 Å². The molecular weight excluding hydrogens is 465 g/mol. The minimum atomic E-state index is -1.21. The SMILES string of the molecule is Cc1nc2ccc(CCC(=O)c3ccc(Cl)c(Cl)c3)cc2c(=O)n1[C@@]1(C)CCC(=O)NC1=O. The molecule has 1 atom stereocenters. The van der Waals surface area contributed by atoms with Gasteiger partial charge in [0.15, 0.2) is 5.78 Å². The van der Waals surface area contributed by atoms with Crippen LogP contribution in [0, 0.1) is 6.92 Å². The predicted octanol–water partition coefficient (Wildman–Crippen LogP) is 3.98. The fourth-order valence-corrected chi connectivity index (χ4v) is 4.46. The first kappa shape index (κ1) is 23.1. The van der Waals surface area contributed by atoms with Gasteiger partial charge in [0.05, 0.1) is 20.9 Å². The zero-order valence-electron chi connectivity index (χ0n) is 18.1. The second kappa shape index (κ2) is 8.72. The fraction of sp³-hybridized carbons (Fsp3) is 0.292. The smallest absolute Gasteiger partial charge is 0.262 e. The molecule has 0 bridgehead atoms. The Morgan fingerprint density at radius 3 is 2.58 bits per heavy atom. The van der Waals surface area contributed by atoms with Crippen molar-refractivity contribution in [3.8, 4) is 0 Å². The van der Waals surface area contributed by atoms with Gasteiger partial charge in [-0.15, -0.1) is 0 Å². The summed E-state index contributed by atoms with van der Waals surface area (Å²) in [6.45, 7) is 3.30. The number of benzene rings is 2. The summed E-state index contributed by atoms with van der Waals surface area (Å²) in [4.78, 5) is 54.7. The molecule has 0 aliphatic carbocycles. The number of halogens is 2. The lowest BCUT2D eigenvalue weighted by molar-refractivity contribution is -0.140. The number of amides is 2. The molecule has 2 heterocycles. The summed E-state index contributed by atoms with van der Waals surface area (Å²) in [5, 5.41) is 3.37. The Morgan fingerprint density at radius 2 is 1.88 bits per heavy atom. The predicted molar refractivity (Wildman–Crippen MR) is 126 cm³/mol. The lowest BCUT2D eigenvalue weighted by Gasteiger charge is -2.34. The van der Waals surface area contributed by atoms with Crippen LogP contribution in [0.1, 0.15) is 47.9 Å². The number of fused-ring (bicyclic) bond motifs is 1. The monoisotopic (exact) mass is 485 g/mol. The van der Waals surface area contributed by atoms with E-state index >= 15 is 0 Å². The van der Waals surface area contributed by atoms with Crippen LogP contribution in [-0.2, 0) is 21.5 Å². The summed E-state index contributed by atoms with van der Waals surface area (Å²) in [5.74, 6) is -0.578. The highest BCUT2D eigenvalue weighted by atomic mass is 35.5. The van der Waals surface area contributed by atoms with Crippen molar-refractivity contribution in [2.75, 3.05) is 0 Å². The van der Waals surface area contributed by atoms with Crippen molar-refractivity contribution in [2.45, 2.75) is 45.1 Å². The minimum Gasteiger partial charge on any atom is -0.294 e. The molecule has 1 aliphatic rings. The third-order valence-corrected chi connectivity index (χ3v) is 6.80. The van der Waals surface area contributed by atoms with Crippen molar-refractivity contribution in [3.05, 3.63) is 73.7 Å². The normalized spacial score (nSPS) is 18.4. The number of nitrogens with zero attached hydrogens (tertiary/aromatic N) is 2. The number of hydrogen-bond acceptors (Lipinski definition) is 5. The maximum absolute atomic E-state index is 13.4. The van der Waals surface area contributed by atoms with Crippen LogP contribution in [-0.4, -0.2) is 27.1 Å². The van der Waals surface area contributed by atoms with E-state index in [9.17, 15) is 19.2 Å². The molecule has 1 N–H and O–H groups in total. The number of ketones is 1. The lowest BCUT2D eigenvalue weighted by Crippen LogP contribution is -2.56. The molecule has 0 radical (unpaired) electrons. The van der Waals surface area contributed by atoms with Gasteiger partial charge in [-0.05, 0) is 62.6 Å². The lowest BCUT2D eigenvalue weighted by atomic mass is 9.90. The van der Waals surface area contributed by atoms with E-state index in [-0.39, 0.29) is 36.5 Å². The first-order chi connectivity index (χ1) is 15.6. The van der Waals surface area contributed by atoms with E-state index in [1.165, 1.54) is 4.57 Å². The van der Waals surface area contributed by atoms with Crippen molar-refractivity contribution in [1.82, 2.24) is 14.9 Å². The quantitative estimate of drug-likeness (QED) is 0.435. The van der Waals surface area contributed by atoms with Gasteiger partial charge in [-0.3, -0.25) is 29.1 Å². The van der Waals surface area contributed by atoms with Crippen LogP contribution in [0.4, 0.5) is 0 Å². The summed E-state index contributed by atoms with van der Waals surface area (Å²) in [6, 6.07) is 10.0. The largest absolute Gasteiger partial charge is 0.294 e. The van der Waals surface area contributed by atoms with Crippen LogP contribution in [0.2, 0.25) is 10.0 Å². The molecule has 1 aliphatic heterocycles. The summed E-state index contributed by atoms with van der Waals surface area (Å²) >= 11 is 11.9. The van der Waals surface area contributed by atoms with Crippen molar-refractivity contribution >= 4 is 51.7 Å². The van der Waals surface area contributed by atoms with Crippen LogP contribution in [0.15, 0.2) is 41.2 Å². The standard InChI is InChI=1S/C24H21Cl2N3O4/c1-13-27-19-7-3-14(4-8-20(30)15-5-6-17(25)18(26)12-15)11-16(19)22(32)29(13)24(2)10-9-21(31)28-23(24)33/h3,5-7,11-12H,4,8-10H2,1-2H3,(H,28,31,33)/t24-/m0/s1. The second-order valence-electron chi connectivity index (χ2n) is 8.35. The van der Waals surface area contributed by atoms with Crippen LogP contribution in [0.3, 0.4) is 0 Å². The Labute approximate surface area is 199 Å². The Hall–Kier alpha value is -3.03. The topological polar surface area (TPSA) is 98.1 Å². The van der Waals surface area contributed by atoms with Gasteiger partial charge in [-0.2, -0.15) is 0 Å². The molecule has 1 saturated heterocycles. The zero-order valence-corrected chi connectivity index (χ0v) is 19.6. The number of hydrogen-bond donors (Lipinski definition) is 1. The van der Waals surface area contributed by atoms with Crippen molar-refractivity contribution in [1.29, 1.82) is 0 Å². The molecule has 1 fully saturated rings. The Bertz CT molecular complexity index is 1380. The van der Waals surface area contributed by atoms with Gasteiger partial charge in [0, 0.05) is 18.4 Å². The molecule has 2 aromatic carbocycles. The molecule has 2 amide bonds. The number of aryl methyl sites for hydroxylation is 2. The van der Waals surface area contributed by atoms with Gasteiger partial charge in [-0.25, -0.2) is 4.98 Å². The van der Waals surface area contributed by atoms with E-state index in [4.69, 9.17) is 23.2 Å². The molecule has 3 aromatic rings. The minimum absolute atomic E-state index is 0.0934. The molecule has 0 saturated carbocycles. The summed E-state index contributed by atoms with van der Waals surface area (Å²) < 4.78 is 1.36. The van der Waals surface area contributed by atoms with Gasteiger partial charge in [-0.1, -0.05) is 29.3 Å². The first-order valence-electron chi connectivity index (χ1n) is 10.5. The Morgan fingerprint density at radius 1 is 1.12 bits per heavy atom. The number of Topliss-reactive ketones (excluding diaryl/α,β-unsaturated/α-hetero) is 1. The van der Waals surface area contributed by atoms with E-state index in [0.29, 0.717) is 38.8 Å². The average molecular weight is 486 g/mol.